The third kappa shape index (κ3) is 3.62. The lowest BCUT2D eigenvalue weighted by atomic mass is 10.1. The van der Waals surface area contributed by atoms with Crippen molar-refractivity contribution in [3.63, 3.8) is 0 Å². The molecule has 0 aliphatic carbocycles. The molecule has 0 saturated carbocycles. The van der Waals surface area contributed by atoms with E-state index in [-0.39, 0.29) is 17.0 Å². The number of nitrogens with two attached hydrogens (primary N) is 1. The molecule has 118 valence electrons. The molecule has 0 aromatic heterocycles. The lowest BCUT2D eigenvalue weighted by Crippen LogP contribution is -2.34. The third-order valence-corrected chi connectivity index (χ3v) is 6.05. The van der Waals surface area contributed by atoms with Crippen LogP contribution in [0.2, 0.25) is 0 Å². The molecule has 0 atom stereocenters. The molecule has 2 N–H and O–H groups in total. The number of nitrogens with zero attached hydrogens (tertiary/aromatic N) is 1. The van der Waals surface area contributed by atoms with E-state index in [0.717, 1.165) is 32.1 Å². The van der Waals surface area contributed by atoms with Crippen LogP contribution < -0.4 is 5.73 Å². The van der Waals surface area contributed by atoms with Crippen LogP contribution in [0.5, 0.6) is 0 Å². The van der Waals surface area contributed by atoms with E-state index in [2.05, 4.69) is 0 Å². The maximum Gasteiger partial charge on any atom is 0.243 e. The predicted molar refractivity (Wildman–Crippen MR) is 80.9 cm³/mol. The van der Waals surface area contributed by atoms with Gasteiger partial charge in [-0.2, -0.15) is 4.31 Å². The van der Waals surface area contributed by atoms with Crippen LogP contribution in [0.1, 0.15) is 43.2 Å². The number of hydrogen-bond donors (Lipinski definition) is 1. The number of benzene rings is 1. The molecule has 1 fully saturated rings. The summed E-state index contributed by atoms with van der Waals surface area (Å²) in [4.78, 5) is 0.0588. The summed E-state index contributed by atoms with van der Waals surface area (Å²) in [6, 6.07) is 2.81. The minimum absolute atomic E-state index is 0.0588. The van der Waals surface area contributed by atoms with Crippen LogP contribution in [0.15, 0.2) is 17.0 Å². The fourth-order valence-corrected chi connectivity index (χ4v) is 4.49. The zero-order valence-corrected chi connectivity index (χ0v) is 13.3. The van der Waals surface area contributed by atoms with Crippen molar-refractivity contribution in [1.82, 2.24) is 4.31 Å². The molecule has 0 amide bonds. The number of rotatable bonds is 3. The van der Waals surface area contributed by atoms with Gasteiger partial charge in [0.1, 0.15) is 5.82 Å². The van der Waals surface area contributed by atoms with E-state index in [1.165, 1.54) is 23.4 Å². The van der Waals surface area contributed by atoms with E-state index in [9.17, 15) is 12.8 Å². The summed E-state index contributed by atoms with van der Waals surface area (Å²) in [5.41, 5.74) is 6.21. The molecule has 0 radical (unpaired) electrons. The molecule has 1 aliphatic heterocycles. The summed E-state index contributed by atoms with van der Waals surface area (Å²) in [5.74, 6) is -0.511. The van der Waals surface area contributed by atoms with E-state index < -0.39 is 15.8 Å². The minimum Gasteiger partial charge on any atom is -0.326 e. The Bertz CT molecular complexity index is 594. The van der Waals surface area contributed by atoms with Crippen LogP contribution in [0, 0.1) is 12.7 Å². The third-order valence-electron chi connectivity index (χ3n) is 4.03. The van der Waals surface area contributed by atoms with Gasteiger partial charge in [-0.25, -0.2) is 12.8 Å². The van der Waals surface area contributed by atoms with Crippen molar-refractivity contribution in [3.05, 3.63) is 29.1 Å². The smallest absolute Gasteiger partial charge is 0.243 e. The van der Waals surface area contributed by atoms with Crippen LogP contribution in [0.4, 0.5) is 4.39 Å². The molecule has 4 nitrogen and oxygen atoms in total. The predicted octanol–water partition coefficient (Wildman–Crippen LogP) is 2.55. The Hall–Kier alpha value is -0.980. The number of sulfonamides is 1. The van der Waals surface area contributed by atoms with Gasteiger partial charge in [0.25, 0.3) is 0 Å². The van der Waals surface area contributed by atoms with Gasteiger partial charge in [-0.05, 0) is 37.5 Å². The molecule has 1 saturated heterocycles. The topological polar surface area (TPSA) is 63.4 Å². The van der Waals surface area contributed by atoms with E-state index in [4.69, 9.17) is 5.73 Å². The average Bonchev–Trinajstić information content (AvgIpc) is 2.40. The molecule has 1 aliphatic rings. The van der Waals surface area contributed by atoms with Crippen molar-refractivity contribution >= 4 is 10.0 Å². The van der Waals surface area contributed by atoms with Crippen LogP contribution in [-0.2, 0) is 16.6 Å². The highest BCUT2D eigenvalue weighted by Crippen LogP contribution is 2.25. The summed E-state index contributed by atoms with van der Waals surface area (Å²) in [6.07, 6.45) is 4.96. The molecule has 0 unspecified atom stereocenters. The van der Waals surface area contributed by atoms with Crippen LogP contribution in [0.25, 0.3) is 0 Å². The standard InChI is InChI=1S/C15H23FN2O2S/c1-12-14(16)9-13(11-17)10-15(12)21(19,20)18-7-5-3-2-4-6-8-18/h9-10H,2-8,11,17H2,1H3. The molecule has 6 heteroatoms. The van der Waals surface area contributed by atoms with Crippen molar-refractivity contribution in [2.24, 2.45) is 5.73 Å². The highest BCUT2D eigenvalue weighted by Gasteiger charge is 2.27. The van der Waals surface area contributed by atoms with E-state index in [0.29, 0.717) is 18.7 Å². The van der Waals surface area contributed by atoms with Gasteiger partial charge < -0.3 is 5.73 Å². The average molecular weight is 314 g/mol. The Morgan fingerprint density at radius 1 is 1.14 bits per heavy atom. The highest BCUT2D eigenvalue weighted by atomic mass is 32.2. The molecule has 0 bridgehead atoms. The Morgan fingerprint density at radius 3 is 2.29 bits per heavy atom. The van der Waals surface area contributed by atoms with Crippen molar-refractivity contribution in [2.45, 2.75) is 50.5 Å². The Labute approximate surface area is 126 Å². The summed E-state index contributed by atoms with van der Waals surface area (Å²) in [7, 11) is -3.65. The summed E-state index contributed by atoms with van der Waals surface area (Å²) in [5, 5.41) is 0. The SMILES string of the molecule is Cc1c(F)cc(CN)cc1S(=O)(=O)N1CCCCCCC1. The van der Waals surface area contributed by atoms with E-state index >= 15 is 0 Å². The van der Waals surface area contributed by atoms with Crippen molar-refractivity contribution < 1.29 is 12.8 Å². The molecule has 1 heterocycles. The van der Waals surface area contributed by atoms with Crippen LogP contribution in [0.3, 0.4) is 0 Å². The molecule has 21 heavy (non-hydrogen) atoms. The van der Waals surface area contributed by atoms with Gasteiger partial charge in [-0.3, -0.25) is 0 Å². The molecular weight excluding hydrogens is 291 g/mol. The molecule has 0 spiro atoms. The zero-order valence-electron chi connectivity index (χ0n) is 12.4. The Balaban J connectivity index is 2.40. The van der Waals surface area contributed by atoms with E-state index in [1.807, 2.05) is 0 Å². The zero-order chi connectivity index (χ0) is 15.5. The normalized spacial score (nSPS) is 18.2. The second kappa shape index (κ2) is 6.85. The Morgan fingerprint density at radius 2 is 1.71 bits per heavy atom. The number of halogens is 1. The van der Waals surface area contributed by atoms with Gasteiger partial charge >= 0.3 is 0 Å². The lowest BCUT2D eigenvalue weighted by molar-refractivity contribution is 0.363. The van der Waals surface area contributed by atoms with Crippen molar-refractivity contribution in [1.29, 1.82) is 0 Å². The summed E-state index contributed by atoms with van der Waals surface area (Å²) < 4.78 is 41.0. The molecule has 1 aromatic rings. The monoisotopic (exact) mass is 314 g/mol. The second-order valence-corrected chi connectivity index (χ2v) is 7.48. The molecule has 1 aromatic carbocycles. The first-order valence-electron chi connectivity index (χ1n) is 7.46. The lowest BCUT2D eigenvalue weighted by Gasteiger charge is -2.25. The summed E-state index contributed by atoms with van der Waals surface area (Å²) in [6.45, 7) is 2.65. The van der Waals surface area contributed by atoms with Gasteiger partial charge in [-0.1, -0.05) is 19.3 Å². The van der Waals surface area contributed by atoms with Gasteiger partial charge in [-0.15, -0.1) is 0 Å². The number of hydrogen-bond acceptors (Lipinski definition) is 3. The minimum atomic E-state index is -3.65. The first-order valence-corrected chi connectivity index (χ1v) is 8.90. The van der Waals surface area contributed by atoms with Gasteiger partial charge in [0.15, 0.2) is 0 Å². The van der Waals surface area contributed by atoms with Gasteiger partial charge in [0, 0.05) is 25.2 Å². The molecule has 2 rings (SSSR count). The largest absolute Gasteiger partial charge is 0.326 e. The van der Waals surface area contributed by atoms with Gasteiger partial charge in [0.05, 0.1) is 4.90 Å². The summed E-state index contributed by atoms with van der Waals surface area (Å²) >= 11 is 0. The second-order valence-electron chi connectivity index (χ2n) is 5.58. The maximum absolute atomic E-state index is 13.9. The fraction of sp³-hybridized carbons (Fsp3) is 0.600. The van der Waals surface area contributed by atoms with Gasteiger partial charge in [0.2, 0.25) is 10.0 Å². The molecular formula is C15H23FN2O2S. The quantitative estimate of drug-likeness (QED) is 0.932. The van der Waals surface area contributed by atoms with Crippen LogP contribution in [-0.4, -0.2) is 25.8 Å². The first kappa shape index (κ1) is 16.4. The van der Waals surface area contributed by atoms with Crippen molar-refractivity contribution in [2.75, 3.05) is 13.1 Å². The van der Waals surface area contributed by atoms with Crippen LogP contribution >= 0.6 is 0 Å². The van der Waals surface area contributed by atoms with E-state index in [1.54, 1.807) is 0 Å². The fourth-order valence-electron chi connectivity index (χ4n) is 2.69. The maximum atomic E-state index is 13.9. The van der Waals surface area contributed by atoms with Crippen molar-refractivity contribution in [3.8, 4) is 0 Å². The highest BCUT2D eigenvalue weighted by molar-refractivity contribution is 7.89. The Kier molecular flexibility index (Phi) is 5.35. The first-order chi connectivity index (χ1) is 9.96.